The molecule has 2 rings (SSSR count). The molecule has 6 nitrogen and oxygen atoms in total. The zero-order valence-electron chi connectivity index (χ0n) is 17.8. The van der Waals surface area contributed by atoms with Gasteiger partial charge in [0, 0.05) is 27.2 Å². The molecule has 0 aliphatic rings. The van der Waals surface area contributed by atoms with Crippen molar-refractivity contribution in [2.24, 2.45) is 4.99 Å². The van der Waals surface area contributed by atoms with Gasteiger partial charge in [0.05, 0.1) is 20.3 Å². The molecule has 0 saturated carbocycles. The summed E-state index contributed by atoms with van der Waals surface area (Å²) in [7, 11) is 11.4. The van der Waals surface area contributed by atoms with Crippen LogP contribution in [0.5, 0.6) is 11.5 Å². The van der Waals surface area contributed by atoms with E-state index in [1.165, 1.54) is 11.1 Å². The van der Waals surface area contributed by atoms with Gasteiger partial charge < -0.3 is 24.6 Å². The largest absolute Gasteiger partial charge is 0.497 e. The van der Waals surface area contributed by atoms with E-state index in [0.29, 0.717) is 0 Å². The maximum Gasteiger partial charge on any atom is 0.193 e. The Morgan fingerprint density at radius 1 is 0.929 bits per heavy atom. The number of likely N-dealkylation sites (N-methyl/N-ethyl adjacent to an activating group) is 1. The van der Waals surface area contributed by atoms with Crippen molar-refractivity contribution in [3.63, 3.8) is 0 Å². The first-order chi connectivity index (χ1) is 13.5. The lowest BCUT2D eigenvalue weighted by Gasteiger charge is -2.28. The van der Waals surface area contributed by atoms with E-state index in [1.54, 1.807) is 14.2 Å². The number of hydrogen-bond donors (Lipinski definition) is 1. The summed E-state index contributed by atoms with van der Waals surface area (Å²) < 4.78 is 10.5. The molecular weight excluding hydrogens is 352 g/mol. The molecule has 1 unspecified atom stereocenters. The zero-order valence-corrected chi connectivity index (χ0v) is 17.8. The smallest absolute Gasteiger partial charge is 0.193 e. The molecule has 0 heterocycles. The molecule has 0 bridgehead atoms. The van der Waals surface area contributed by atoms with Gasteiger partial charge in [-0.1, -0.05) is 24.3 Å². The van der Waals surface area contributed by atoms with E-state index >= 15 is 0 Å². The van der Waals surface area contributed by atoms with Crippen LogP contribution in [0.1, 0.15) is 17.2 Å². The van der Waals surface area contributed by atoms with Crippen LogP contribution in [0, 0.1) is 0 Å². The third-order valence-corrected chi connectivity index (χ3v) is 4.73. The summed E-state index contributed by atoms with van der Waals surface area (Å²) in [4.78, 5) is 8.75. The van der Waals surface area contributed by atoms with E-state index in [2.05, 4.69) is 58.5 Å². The predicted octanol–water partition coefficient (Wildman–Crippen LogP) is 3.01. The van der Waals surface area contributed by atoms with Gasteiger partial charge in [-0.3, -0.25) is 4.99 Å². The molecule has 0 radical (unpaired) electrons. The predicted molar refractivity (Wildman–Crippen MR) is 115 cm³/mol. The van der Waals surface area contributed by atoms with E-state index in [4.69, 9.17) is 9.47 Å². The standard InChI is InChI=1S/C22H32N4O2/c1-23-22(26(4)16-17-7-11-19(27-5)12-8-17)24-15-21(25(2)3)18-9-13-20(28-6)14-10-18/h7-14,21H,15-16H2,1-6H3,(H,23,24). The van der Waals surface area contributed by atoms with Crippen LogP contribution in [0.25, 0.3) is 0 Å². The van der Waals surface area contributed by atoms with Crippen LogP contribution in [0.3, 0.4) is 0 Å². The van der Waals surface area contributed by atoms with Crippen LogP contribution in [0.4, 0.5) is 0 Å². The van der Waals surface area contributed by atoms with Crippen LogP contribution in [-0.2, 0) is 6.54 Å². The summed E-state index contributed by atoms with van der Waals surface area (Å²) in [5.74, 6) is 2.59. The summed E-state index contributed by atoms with van der Waals surface area (Å²) in [5.41, 5.74) is 2.43. The maximum atomic E-state index is 5.26. The van der Waals surface area contributed by atoms with Crippen LogP contribution in [0.2, 0.25) is 0 Å². The van der Waals surface area contributed by atoms with Crippen molar-refractivity contribution in [2.45, 2.75) is 12.6 Å². The second-order valence-corrected chi connectivity index (χ2v) is 6.88. The average Bonchev–Trinajstić information content (AvgIpc) is 2.71. The number of hydrogen-bond acceptors (Lipinski definition) is 4. The van der Waals surface area contributed by atoms with E-state index in [-0.39, 0.29) is 6.04 Å². The van der Waals surface area contributed by atoms with Crippen LogP contribution in [-0.4, -0.2) is 64.7 Å². The Morgan fingerprint density at radius 3 is 1.93 bits per heavy atom. The highest BCUT2D eigenvalue weighted by atomic mass is 16.5. The highest BCUT2D eigenvalue weighted by molar-refractivity contribution is 5.79. The van der Waals surface area contributed by atoms with Crippen LogP contribution in [0.15, 0.2) is 53.5 Å². The van der Waals surface area contributed by atoms with Crippen molar-refractivity contribution in [3.8, 4) is 11.5 Å². The van der Waals surface area contributed by atoms with Crippen molar-refractivity contribution in [1.29, 1.82) is 0 Å². The summed E-state index contributed by atoms with van der Waals surface area (Å²) >= 11 is 0. The molecule has 2 aromatic rings. The number of ether oxygens (including phenoxy) is 2. The van der Waals surface area contributed by atoms with Gasteiger partial charge in [0.25, 0.3) is 0 Å². The lowest BCUT2D eigenvalue weighted by Crippen LogP contribution is -2.42. The first-order valence-electron chi connectivity index (χ1n) is 9.33. The van der Waals surface area contributed by atoms with E-state index in [9.17, 15) is 0 Å². The van der Waals surface area contributed by atoms with E-state index in [0.717, 1.165) is 30.5 Å². The summed E-state index contributed by atoms with van der Waals surface area (Å²) in [6.07, 6.45) is 0. The Labute approximate surface area is 168 Å². The molecule has 0 aromatic heterocycles. The molecule has 2 aromatic carbocycles. The van der Waals surface area contributed by atoms with Gasteiger partial charge in [0.15, 0.2) is 5.96 Å². The number of nitrogens with one attached hydrogen (secondary N) is 1. The molecular formula is C22H32N4O2. The van der Waals surface area contributed by atoms with Gasteiger partial charge in [0.2, 0.25) is 0 Å². The van der Waals surface area contributed by atoms with E-state index in [1.807, 2.05) is 38.4 Å². The molecule has 0 spiro atoms. The van der Waals surface area contributed by atoms with Gasteiger partial charge >= 0.3 is 0 Å². The number of benzene rings is 2. The zero-order chi connectivity index (χ0) is 20.5. The minimum atomic E-state index is 0.219. The molecule has 0 saturated heterocycles. The second-order valence-electron chi connectivity index (χ2n) is 6.88. The number of guanidine groups is 1. The Hall–Kier alpha value is -2.73. The maximum absolute atomic E-state index is 5.26. The summed E-state index contributed by atoms with van der Waals surface area (Å²) in [5, 5.41) is 3.50. The molecule has 6 heteroatoms. The number of aliphatic imine (C=N–C) groups is 1. The van der Waals surface area contributed by atoms with Crippen molar-refractivity contribution >= 4 is 5.96 Å². The van der Waals surface area contributed by atoms with Crippen LogP contribution < -0.4 is 14.8 Å². The Morgan fingerprint density at radius 2 is 1.46 bits per heavy atom. The number of rotatable bonds is 8. The number of methoxy groups -OCH3 is 2. The fourth-order valence-electron chi connectivity index (χ4n) is 3.08. The quantitative estimate of drug-likeness (QED) is 0.560. The van der Waals surface area contributed by atoms with Gasteiger partial charge in [-0.05, 0) is 49.5 Å². The second kappa shape index (κ2) is 10.6. The van der Waals surface area contributed by atoms with E-state index < -0.39 is 0 Å². The fourth-order valence-corrected chi connectivity index (χ4v) is 3.08. The minimum absolute atomic E-state index is 0.219. The topological polar surface area (TPSA) is 49.3 Å². The van der Waals surface area contributed by atoms with Crippen molar-refractivity contribution in [2.75, 3.05) is 49.0 Å². The average molecular weight is 385 g/mol. The van der Waals surface area contributed by atoms with Gasteiger partial charge in [-0.2, -0.15) is 0 Å². The Balaban J connectivity index is 2.00. The molecule has 0 aliphatic carbocycles. The number of nitrogens with zero attached hydrogens (tertiary/aromatic N) is 3. The lowest BCUT2D eigenvalue weighted by atomic mass is 10.1. The minimum Gasteiger partial charge on any atom is -0.497 e. The highest BCUT2D eigenvalue weighted by Crippen LogP contribution is 2.21. The van der Waals surface area contributed by atoms with Gasteiger partial charge in [0.1, 0.15) is 11.5 Å². The monoisotopic (exact) mass is 384 g/mol. The SMILES string of the molecule is CN=C(NCC(c1ccc(OC)cc1)N(C)C)N(C)Cc1ccc(OC)cc1. The first kappa shape index (κ1) is 21.6. The molecule has 28 heavy (non-hydrogen) atoms. The molecule has 0 amide bonds. The fraction of sp³-hybridized carbons (Fsp3) is 0.409. The highest BCUT2D eigenvalue weighted by Gasteiger charge is 2.16. The Bertz CT molecular complexity index is 742. The van der Waals surface area contributed by atoms with Gasteiger partial charge in [-0.25, -0.2) is 0 Å². The van der Waals surface area contributed by atoms with Crippen LogP contribution >= 0.6 is 0 Å². The third kappa shape index (κ3) is 5.89. The molecule has 0 aliphatic heterocycles. The van der Waals surface area contributed by atoms with Crippen molar-refractivity contribution in [3.05, 3.63) is 59.7 Å². The molecule has 152 valence electrons. The van der Waals surface area contributed by atoms with Crippen molar-refractivity contribution in [1.82, 2.24) is 15.1 Å². The molecule has 1 N–H and O–H groups in total. The third-order valence-electron chi connectivity index (χ3n) is 4.73. The Kier molecular flexibility index (Phi) is 8.14. The summed E-state index contributed by atoms with van der Waals surface area (Å²) in [6.45, 7) is 1.51. The molecule has 0 fully saturated rings. The normalized spacial score (nSPS) is 12.6. The lowest BCUT2D eigenvalue weighted by molar-refractivity contribution is 0.295. The van der Waals surface area contributed by atoms with Gasteiger partial charge in [-0.15, -0.1) is 0 Å². The van der Waals surface area contributed by atoms with Crippen molar-refractivity contribution < 1.29 is 9.47 Å². The first-order valence-corrected chi connectivity index (χ1v) is 9.33. The summed E-state index contributed by atoms with van der Waals surface area (Å²) in [6, 6.07) is 16.5. The molecule has 1 atom stereocenters.